The highest BCUT2D eigenvalue weighted by Crippen LogP contribution is 2.69. The number of rotatable bonds is 1. The van der Waals surface area contributed by atoms with Crippen LogP contribution in [0.25, 0.3) is 0 Å². The van der Waals surface area contributed by atoms with Crippen LogP contribution in [0.3, 0.4) is 0 Å². The maximum absolute atomic E-state index is 9.51. The number of hydrogen-bond acceptors (Lipinski definition) is 1. The Bertz CT molecular complexity index is 207. The molecular formula is C10H16O. The molecule has 62 valence electrons. The van der Waals surface area contributed by atoms with Crippen LogP contribution < -0.4 is 0 Å². The van der Waals surface area contributed by atoms with Crippen molar-refractivity contribution in [3.8, 4) is 0 Å². The van der Waals surface area contributed by atoms with Gasteiger partial charge in [-0.25, -0.2) is 0 Å². The van der Waals surface area contributed by atoms with E-state index in [0.717, 1.165) is 12.0 Å². The first-order valence-electron chi connectivity index (χ1n) is 4.44. The van der Waals surface area contributed by atoms with E-state index in [1.807, 2.05) is 0 Å². The predicted octanol–water partition coefficient (Wildman–Crippen LogP) is 1.97. The second-order valence-electron chi connectivity index (χ2n) is 4.44. The van der Waals surface area contributed by atoms with E-state index >= 15 is 0 Å². The van der Waals surface area contributed by atoms with Crippen LogP contribution in [0.15, 0.2) is 12.2 Å². The van der Waals surface area contributed by atoms with Crippen molar-refractivity contribution in [2.75, 3.05) is 0 Å². The first-order chi connectivity index (χ1) is 5.08. The zero-order valence-electron chi connectivity index (χ0n) is 7.30. The van der Waals surface area contributed by atoms with Crippen LogP contribution in [0.2, 0.25) is 0 Å². The van der Waals surface area contributed by atoms with Gasteiger partial charge in [-0.3, -0.25) is 0 Å². The number of aliphatic hydroxyl groups excluding tert-OH is 1. The SMILES string of the molecule is C=C1C2C[C@]2(C(C)C)C[C@@H]1O. The van der Waals surface area contributed by atoms with Crippen molar-refractivity contribution < 1.29 is 5.11 Å². The highest BCUT2D eigenvalue weighted by atomic mass is 16.3. The Hall–Kier alpha value is -0.300. The summed E-state index contributed by atoms with van der Waals surface area (Å²) in [5.74, 6) is 1.36. The maximum Gasteiger partial charge on any atom is 0.0756 e. The molecule has 0 aromatic carbocycles. The van der Waals surface area contributed by atoms with E-state index in [1.54, 1.807) is 0 Å². The van der Waals surface area contributed by atoms with Crippen LogP contribution in [-0.4, -0.2) is 11.2 Å². The van der Waals surface area contributed by atoms with E-state index in [1.165, 1.54) is 6.42 Å². The monoisotopic (exact) mass is 152 g/mol. The summed E-state index contributed by atoms with van der Waals surface area (Å²) in [6, 6.07) is 0. The molecular weight excluding hydrogens is 136 g/mol. The molecule has 0 spiro atoms. The van der Waals surface area contributed by atoms with Gasteiger partial charge in [0.05, 0.1) is 6.10 Å². The largest absolute Gasteiger partial charge is 0.389 e. The normalized spacial score (nSPS) is 48.2. The molecule has 2 aliphatic rings. The zero-order valence-corrected chi connectivity index (χ0v) is 7.30. The van der Waals surface area contributed by atoms with E-state index in [2.05, 4.69) is 20.4 Å². The fourth-order valence-electron chi connectivity index (χ4n) is 2.64. The molecule has 1 nitrogen and oxygen atoms in total. The van der Waals surface area contributed by atoms with Gasteiger partial charge in [0, 0.05) is 0 Å². The first-order valence-corrected chi connectivity index (χ1v) is 4.44. The average molecular weight is 152 g/mol. The third-order valence-corrected chi connectivity index (χ3v) is 3.72. The molecule has 1 heteroatoms. The summed E-state index contributed by atoms with van der Waals surface area (Å²) in [5.41, 5.74) is 1.55. The molecule has 2 saturated carbocycles. The zero-order chi connectivity index (χ0) is 8.22. The Labute approximate surface area is 68.1 Å². The Balaban J connectivity index is 2.20. The lowest BCUT2D eigenvalue weighted by atomic mass is 9.89. The molecule has 0 saturated heterocycles. The van der Waals surface area contributed by atoms with Crippen LogP contribution in [-0.2, 0) is 0 Å². The second-order valence-corrected chi connectivity index (χ2v) is 4.44. The van der Waals surface area contributed by atoms with Gasteiger partial charge in [-0.15, -0.1) is 0 Å². The molecule has 2 fully saturated rings. The minimum absolute atomic E-state index is 0.198. The van der Waals surface area contributed by atoms with Gasteiger partial charge >= 0.3 is 0 Å². The van der Waals surface area contributed by atoms with E-state index < -0.39 is 0 Å². The van der Waals surface area contributed by atoms with Crippen LogP contribution in [0.4, 0.5) is 0 Å². The molecule has 1 unspecified atom stereocenters. The Morgan fingerprint density at radius 1 is 1.55 bits per heavy atom. The number of hydrogen-bond donors (Lipinski definition) is 1. The van der Waals surface area contributed by atoms with Crippen LogP contribution in [0, 0.1) is 17.3 Å². The van der Waals surface area contributed by atoms with Crippen molar-refractivity contribution in [2.24, 2.45) is 17.3 Å². The highest BCUT2D eigenvalue weighted by molar-refractivity contribution is 5.30. The van der Waals surface area contributed by atoms with E-state index in [-0.39, 0.29) is 6.10 Å². The van der Waals surface area contributed by atoms with Crippen molar-refractivity contribution in [1.82, 2.24) is 0 Å². The van der Waals surface area contributed by atoms with Crippen LogP contribution in [0.1, 0.15) is 26.7 Å². The van der Waals surface area contributed by atoms with E-state index in [9.17, 15) is 5.11 Å². The van der Waals surface area contributed by atoms with Gasteiger partial charge in [-0.05, 0) is 35.7 Å². The quantitative estimate of drug-likeness (QED) is 0.569. The number of fused-ring (bicyclic) bond motifs is 1. The van der Waals surface area contributed by atoms with Crippen molar-refractivity contribution in [1.29, 1.82) is 0 Å². The maximum atomic E-state index is 9.51. The van der Waals surface area contributed by atoms with E-state index in [4.69, 9.17) is 0 Å². The third-order valence-electron chi connectivity index (χ3n) is 3.72. The fourth-order valence-corrected chi connectivity index (χ4v) is 2.64. The van der Waals surface area contributed by atoms with Crippen molar-refractivity contribution in [2.45, 2.75) is 32.8 Å². The summed E-state index contributed by atoms with van der Waals surface area (Å²) >= 11 is 0. The smallest absolute Gasteiger partial charge is 0.0756 e. The summed E-state index contributed by atoms with van der Waals surface area (Å²) in [4.78, 5) is 0. The summed E-state index contributed by atoms with van der Waals surface area (Å²) in [7, 11) is 0. The summed E-state index contributed by atoms with van der Waals surface area (Å²) in [5, 5.41) is 9.51. The lowest BCUT2D eigenvalue weighted by Crippen LogP contribution is -2.12. The topological polar surface area (TPSA) is 20.2 Å². The van der Waals surface area contributed by atoms with Gasteiger partial charge in [-0.1, -0.05) is 20.4 Å². The molecule has 3 atom stereocenters. The number of aliphatic hydroxyl groups is 1. The van der Waals surface area contributed by atoms with Gasteiger partial charge in [0.25, 0.3) is 0 Å². The summed E-state index contributed by atoms with van der Waals surface area (Å²) in [6.45, 7) is 8.45. The molecule has 0 aromatic rings. The van der Waals surface area contributed by atoms with Crippen LogP contribution >= 0.6 is 0 Å². The summed E-state index contributed by atoms with van der Waals surface area (Å²) < 4.78 is 0. The van der Waals surface area contributed by atoms with Gasteiger partial charge in [0.2, 0.25) is 0 Å². The first kappa shape index (κ1) is 7.35. The molecule has 0 bridgehead atoms. The third kappa shape index (κ3) is 0.750. The predicted molar refractivity (Wildman–Crippen MR) is 45.1 cm³/mol. The molecule has 2 aliphatic carbocycles. The molecule has 0 aliphatic heterocycles. The van der Waals surface area contributed by atoms with Crippen molar-refractivity contribution in [3.63, 3.8) is 0 Å². The lowest BCUT2D eigenvalue weighted by molar-refractivity contribution is 0.176. The van der Waals surface area contributed by atoms with Crippen LogP contribution in [0.5, 0.6) is 0 Å². The van der Waals surface area contributed by atoms with Crippen molar-refractivity contribution >= 4 is 0 Å². The van der Waals surface area contributed by atoms with Gasteiger partial charge in [0.15, 0.2) is 0 Å². The molecule has 0 amide bonds. The molecule has 0 aromatic heterocycles. The Morgan fingerprint density at radius 2 is 2.18 bits per heavy atom. The molecule has 0 heterocycles. The van der Waals surface area contributed by atoms with E-state index in [0.29, 0.717) is 17.3 Å². The Kier molecular flexibility index (Phi) is 1.26. The second kappa shape index (κ2) is 1.89. The lowest BCUT2D eigenvalue weighted by Gasteiger charge is -2.16. The molecule has 0 radical (unpaired) electrons. The van der Waals surface area contributed by atoms with Gasteiger partial charge in [0.1, 0.15) is 0 Å². The summed E-state index contributed by atoms with van der Waals surface area (Å²) in [6.07, 6.45) is 2.05. The average Bonchev–Trinajstić information content (AvgIpc) is 2.57. The standard InChI is InChI=1S/C10H16O/c1-6(2)10-4-8(10)7(3)9(11)5-10/h6,8-9,11H,3-5H2,1-2H3/t8?,9-,10+/m0/s1. The molecule has 11 heavy (non-hydrogen) atoms. The van der Waals surface area contributed by atoms with Gasteiger partial charge < -0.3 is 5.11 Å². The minimum atomic E-state index is -0.198. The molecule has 1 N–H and O–H groups in total. The van der Waals surface area contributed by atoms with Crippen molar-refractivity contribution in [3.05, 3.63) is 12.2 Å². The fraction of sp³-hybridized carbons (Fsp3) is 0.800. The minimum Gasteiger partial charge on any atom is -0.389 e. The van der Waals surface area contributed by atoms with Gasteiger partial charge in [-0.2, -0.15) is 0 Å². The Morgan fingerprint density at radius 3 is 2.45 bits per heavy atom. The molecule has 2 rings (SSSR count). The highest BCUT2D eigenvalue weighted by Gasteiger charge is 2.63.